The molecule has 128 valence electrons. The van der Waals surface area contributed by atoms with Crippen molar-refractivity contribution in [1.29, 1.82) is 0 Å². The summed E-state index contributed by atoms with van der Waals surface area (Å²) in [5.74, 6) is -0.408. The molecular formula is C18H18F3NO2. The summed E-state index contributed by atoms with van der Waals surface area (Å²) >= 11 is 0. The zero-order valence-corrected chi connectivity index (χ0v) is 13.1. The van der Waals surface area contributed by atoms with Gasteiger partial charge in [-0.25, -0.2) is 0 Å². The van der Waals surface area contributed by atoms with E-state index in [9.17, 15) is 18.0 Å². The number of ether oxygens (including phenoxy) is 1. The Bertz CT molecular complexity index is 713. The van der Waals surface area contributed by atoms with Crippen molar-refractivity contribution < 1.29 is 22.7 Å². The van der Waals surface area contributed by atoms with E-state index < -0.39 is 23.8 Å². The molecule has 24 heavy (non-hydrogen) atoms. The molecule has 2 N–H and O–H groups in total. The van der Waals surface area contributed by atoms with Crippen LogP contribution in [0.2, 0.25) is 0 Å². The first-order valence-electron chi connectivity index (χ1n) is 7.50. The summed E-state index contributed by atoms with van der Waals surface area (Å²) in [6, 6.07) is 11.4. The molecule has 0 radical (unpaired) electrons. The molecule has 0 fully saturated rings. The monoisotopic (exact) mass is 337 g/mol. The van der Waals surface area contributed by atoms with Gasteiger partial charge < -0.3 is 10.5 Å². The van der Waals surface area contributed by atoms with Crippen LogP contribution in [0.15, 0.2) is 48.5 Å². The molecule has 0 aliphatic carbocycles. The predicted octanol–water partition coefficient (Wildman–Crippen LogP) is 4.33. The summed E-state index contributed by atoms with van der Waals surface area (Å²) in [6.07, 6.45) is -4.38. The van der Waals surface area contributed by atoms with Gasteiger partial charge in [0.15, 0.2) is 0 Å². The number of hydrogen-bond acceptors (Lipinski definition) is 3. The number of rotatable bonds is 5. The standard InChI is InChI=1S/C18H18F3NO2/c1-2-24-17(23)11-16(22)14-7-3-5-12(9-14)13-6-4-8-15(10-13)18(19,20)21/h3-10,16H,2,11,22H2,1H3/t16-/m0/s1. The number of esters is 1. The van der Waals surface area contributed by atoms with E-state index in [0.29, 0.717) is 16.7 Å². The fraction of sp³-hybridized carbons (Fsp3) is 0.278. The highest BCUT2D eigenvalue weighted by atomic mass is 19.4. The van der Waals surface area contributed by atoms with Crippen molar-refractivity contribution in [1.82, 2.24) is 0 Å². The van der Waals surface area contributed by atoms with Crippen LogP contribution in [0.3, 0.4) is 0 Å². The van der Waals surface area contributed by atoms with Gasteiger partial charge in [-0.3, -0.25) is 4.79 Å². The van der Waals surface area contributed by atoms with Gasteiger partial charge in [-0.05, 0) is 41.8 Å². The lowest BCUT2D eigenvalue weighted by Gasteiger charge is -2.13. The Morgan fingerprint density at radius 1 is 1.12 bits per heavy atom. The van der Waals surface area contributed by atoms with Crippen molar-refractivity contribution in [3.8, 4) is 11.1 Å². The lowest BCUT2D eigenvalue weighted by Crippen LogP contribution is -2.17. The number of alkyl halides is 3. The smallest absolute Gasteiger partial charge is 0.416 e. The molecule has 0 amide bonds. The van der Waals surface area contributed by atoms with E-state index in [1.54, 1.807) is 37.3 Å². The van der Waals surface area contributed by atoms with Gasteiger partial charge in [0.05, 0.1) is 18.6 Å². The molecule has 0 aromatic heterocycles. The van der Waals surface area contributed by atoms with Crippen LogP contribution in [0.25, 0.3) is 11.1 Å². The Kier molecular flexibility index (Phi) is 5.62. The minimum Gasteiger partial charge on any atom is -0.466 e. The Morgan fingerprint density at radius 2 is 1.75 bits per heavy atom. The molecule has 0 spiro atoms. The van der Waals surface area contributed by atoms with E-state index >= 15 is 0 Å². The number of carbonyl (C=O) groups excluding carboxylic acids is 1. The molecule has 0 aliphatic rings. The van der Waals surface area contributed by atoms with Crippen LogP contribution in [-0.4, -0.2) is 12.6 Å². The Labute approximate surface area is 138 Å². The molecule has 0 bridgehead atoms. The molecule has 1 atom stereocenters. The Hall–Kier alpha value is -2.34. The lowest BCUT2D eigenvalue weighted by molar-refractivity contribution is -0.143. The third-order valence-corrected chi connectivity index (χ3v) is 3.53. The van der Waals surface area contributed by atoms with Gasteiger partial charge in [-0.2, -0.15) is 13.2 Å². The second-order valence-electron chi connectivity index (χ2n) is 5.32. The molecule has 6 heteroatoms. The summed E-state index contributed by atoms with van der Waals surface area (Å²) in [4.78, 5) is 11.5. The molecule has 0 heterocycles. The molecule has 0 unspecified atom stereocenters. The van der Waals surface area contributed by atoms with Crippen LogP contribution in [0.4, 0.5) is 13.2 Å². The van der Waals surface area contributed by atoms with Gasteiger partial charge in [0.1, 0.15) is 0 Å². The summed E-state index contributed by atoms with van der Waals surface area (Å²) in [7, 11) is 0. The maximum Gasteiger partial charge on any atom is 0.416 e. The lowest BCUT2D eigenvalue weighted by atomic mass is 9.97. The quantitative estimate of drug-likeness (QED) is 0.827. The van der Waals surface area contributed by atoms with Gasteiger partial charge >= 0.3 is 12.1 Å². The average Bonchev–Trinajstić information content (AvgIpc) is 2.54. The summed E-state index contributed by atoms with van der Waals surface area (Å²) in [5, 5.41) is 0. The van der Waals surface area contributed by atoms with E-state index in [2.05, 4.69) is 0 Å². The second-order valence-corrected chi connectivity index (χ2v) is 5.32. The molecule has 0 aliphatic heterocycles. The zero-order valence-electron chi connectivity index (χ0n) is 13.1. The number of carbonyl (C=O) groups is 1. The van der Waals surface area contributed by atoms with Crippen LogP contribution in [0, 0.1) is 0 Å². The molecule has 0 saturated carbocycles. The van der Waals surface area contributed by atoms with Crippen molar-refractivity contribution in [3.63, 3.8) is 0 Å². The number of hydrogen-bond donors (Lipinski definition) is 1. The number of benzene rings is 2. The van der Waals surface area contributed by atoms with E-state index in [0.717, 1.165) is 12.1 Å². The van der Waals surface area contributed by atoms with Crippen molar-refractivity contribution in [2.45, 2.75) is 25.6 Å². The second kappa shape index (κ2) is 7.49. The summed E-state index contributed by atoms with van der Waals surface area (Å²) < 4.78 is 43.4. The summed E-state index contributed by atoms with van der Waals surface area (Å²) in [5.41, 5.74) is 7.00. The normalized spacial score (nSPS) is 12.7. The predicted molar refractivity (Wildman–Crippen MR) is 85.1 cm³/mol. The van der Waals surface area contributed by atoms with E-state index in [1.165, 1.54) is 6.07 Å². The van der Waals surface area contributed by atoms with Crippen molar-refractivity contribution in [2.75, 3.05) is 6.61 Å². The van der Waals surface area contributed by atoms with E-state index in [-0.39, 0.29) is 13.0 Å². The molecule has 3 nitrogen and oxygen atoms in total. The Morgan fingerprint density at radius 3 is 2.38 bits per heavy atom. The number of halogens is 3. The maximum absolute atomic E-state index is 12.8. The van der Waals surface area contributed by atoms with Crippen molar-refractivity contribution in [3.05, 3.63) is 59.7 Å². The van der Waals surface area contributed by atoms with E-state index in [4.69, 9.17) is 10.5 Å². The van der Waals surface area contributed by atoms with Crippen LogP contribution in [0.1, 0.15) is 30.5 Å². The van der Waals surface area contributed by atoms with Crippen LogP contribution in [-0.2, 0) is 15.7 Å². The first-order valence-corrected chi connectivity index (χ1v) is 7.50. The van der Waals surface area contributed by atoms with Gasteiger partial charge in [-0.15, -0.1) is 0 Å². The molecule has 2 aromatic carbocycles. The van der Waals surface area contributed by atoms with Crippen LogP contribution < -0.4 is 5.73 Å². The van der Waals surface area contributed by atoms with Crippen molar-refractivity contribution >= 4 is 5.97 Å². The maximum atomic E-state index is 12.8. The SMILES string of the molecule is CCOC(=O)C[C@H](N)c1cccc(-c2cccc(C(F)(F)F)c2)c1. The zero-order chi connectivity index (χ0) is 17.7. The summed E-state index contributed by atoms with van der Waals surface area (Å²) in [6.45, 7) is 1.98. The topological polar surface area (TPSA) is 52.3 Å². The van der Waals surface area contributed by atoms with Gasteiger partial charge in [-0.1, -0.05) is 30.3 Å². The number of nitrogens with two attached hydrogens (primary N) is 1. The highest BCUT2D eigenvalue weighted by Crippen LogP contribution is 2.32. The molecule has 2 aromatic rings. The fourth-order valence-electron chi connectivity index (χ4n) is 2.34. The van der Waals surface area contributed by atoms with Crippen LogP contribution in [0.5, 0.6) is 0 Å². The van der Waals surface area contributed by atoms with Crippen molar-refractivity contribution in [2.24, 2.45) is 5.73 Å². The third kappa shape index (κ3) is 4.58. The highest BCUT2D eigenvalue weighted by Gasteiger charge is 2.30. The molecule has 0 saturated heterocycles. The minimum atomic E-state index is -4.39. The average molecular weight is 337 g/mol. The van der Waals surface area contributed by atoms with Crippen LogP contribution >= 0.6 is 0 Å². The van der Waals surface area contributed by atoms with Gasteiger partial charge in [0.2, 0.25) is 0 Å². The first-order chi connectivity index (χ1) is 11.3. The van der Waals surface area contributed by atoms with Gasteiger partial charge in [0.25, 0.3) is 0 Å². The largest absolute Gasteiger partial charge is 0.466 e. The van der Waals surface area contributed by atoms with Gasteiger partial charge in [0, 0.05) is 6.04 Å². The Balaban J connectivity index is 2.26. The molecular weight excluding hydrogens is 319 g/mol. The van der Waals surface area contributed by atoms with E-state index in [1.807, 2.05) is 0 Å². The molecule has 2 rings (SSSR count). The minimum absolute atomic E-state index is 0.0138. The first kappa shape index (κ1) is 18.0. The third-order valence-electron chi connectivity index (χ3n) is 3.53. The fourth-order valence-corrected chi connectivity index (χ4v) is 2.34. The highest BCUT2D eigenvalue weighted by molar-refractivity contribution is 5.71.